The molecule has 1 saturated carbocycles. The van der Waals surface area contributed by atoms with Crippen molar-refractivity contribution < 1.29 is 4.79 Å². The molecule has 1 aromatic rings. The molecule has 1 amide bonds. The van der Waals surface area contributed by atoms with E-state index in [0.29, 0.717) is 17.3 Å². The minimum atomic E-state index is -0.0532. The second-order valence-corrected chi connectivity index (χ2v) is 5.54. The highest BCUT2D eigenvalue weighted by molar-refractivity contribution is 5.99. The number of amides is 1. The fourth-order valence-corrected chi connectivity index (χ4v) is 2.73. The molecule has 1 fully saturated rings. The van der Waals surface area contributed by atoms with Crippen LogP contribution in [-0.2, 0) is 0 Å². The zero-order valence-electron chi connectivity index (χ0n) is 11.7. The van der Waals surface area contributed by atoms with Crippen molar-refractivity contribution in [1.82, 2.24) is 10.2 Å². The summed E-state index contributed by atoms with van der Waals surface area (Å²) in [6.45, 7) is 0. The molecule has 1 aromatic carbocycles. The lowest BCUT2D eigenvalue weighted by Gasteiger charge is -2.33. The summed E-state index contributed by atoms with van der Waals surface area (Å²) in [5, 5.41) is 3.12. The Bertz CT molecular complexity index is 445. The number of benzene rings is 1. The summed E-state index contributed by atoms with van der Waals surface area (Å²) in [6.07, 6.45) is 4.46. The van der Waals surface area contributed by atoms with Gasteiger partial charge in [0, 0.05) is 17.8 Å². The summed E-state index contributed by atoms with van der Waals surface area (Å²) in [5.74, 6) is -0.0532. The van der Waals surface area contributed by atoms with Crippen LogP contribution in [0.5, 0.6) is 0 Å². The number of nitrogen functional groups attached to an aromatic ring is 1. The van der Waals surface area contributed by atoms with Crippen molar-refractivity contribution in [3.8, 4) is 0 Å². The van der Waals surface area contributed by atoms with Crippen LogP contribution in [0.15, 0.2) is 24.3 Å². The lowest BCUT2D eigenvalue weighted by atomic mass is 9.90. The summed E-state index contributed by atoms with van der Waals surface area (Å²) in [5.41, 5.74) is 6.95. The van der Waals surface area contributed by atoms with Crippen LogP contribution in [0.2, 0.25) is 0 Å². The molecule has 19 heavy (non-hydrogen) atoms. The first-order valence-corrected chi connectivity index (χ1v) is 6.89. The second kappa shape index (κ2) is 6.06. The Balaban J connectivity index is 1.97. The molecule has 0 radical (unpaired) electrons. The molecule has 2 unspecified atom stereocenters. The van der Waals surface area contributed by atoms with Crippen LogP contribution in [0, 0.1) is 0 Å². The largest absolute Gasteiger partial charge is 0.398 e. The van der Waals surface area contributed by atoms with Gasteiger partial charge in [0.05, 0.1) is 5.56 Å². The van der Waals surface area contributed by atoms with Crippen molar-refractivity contribution in [2.24, 2.45) is 0 Å². The molecule has 2 atom stereocenters. The SMILES string of the molecule is CN(C)C1CCCC(NC(=O)c2ccccc2N)C1. The van der Waals surface area contributed by atoms with Crippen LogP contribution in [0.3, 0.4) is 0 Å². The maximum absolute atomic E-state index is 12.2. The lowest BCUT2D eigenvalue weighted by molar-refractivity contribution is 0.0912. The summed E-state index contributed by atoms with van der Waals surface area (Å²) in [7, 11) is 4.20. The Hall–Kier alpha value is -1.55. The van der Waals surface area contributed by atoms with Gasteiger partial charge in [0.15, 0.2) is 0 Å². The van der Waals surface area contributed by atoms with Gasteiger partial charge in [-0.1, -0.05) is 12.1 Å². The van der Waals surface area contributed by atoms with Gasteiger partial charge >= 0.3 is 0 Å². The van der Waals surface area contributed by atoms with Gasteiger partial charge in [-0.15, -0.1) is 0 Å². The molecule has 4 heteroatoms. The van der Waals surface area contributed by atoms with E-state index in [2.05, 4.69) is 24.3 Å². The van der Waals surface area contributed by atoms with Crippen LogP contribution in [0.1, 0.15) is 36.0 Å². The first kappa shape index (κ1) is 13.9. The maximum Gasteiger partial charge on any atom is 0.253 e. The second-order valence-electron chi connectivity index (χ2n) is 5.54. The van der Waals surface area contributed by atoms with Gasteiger partial charge in [-0.05, 0) is 51.9 Å². The Morgan fingerprint density at radius 2 is 2.05 bits per heavy atom. The van der Waals surface area contributed by atoms with E-state index in [9.17, 15) is 4.79 Å². The Labute approximate surface area is 115 Å². The monoisotopic (exact) mass is 261 g/mol. The number of rotatable bonds is 3. The third kappa shape index (κ3) is 3.47. The number of nitrogens with two attached hydrogens (primary N) is 1. The lowest BCUT2D eigenvalue weighted by Crippen LogP contribution is -2.43. The van der Waals surface area contributed by atoms with E-state index in [1.54, 1.807) is 12.1 Å². The Morgan fingerprint density at radius 3 is 2.74 bits per heavy atom. The van der Waals surface area contributed by atoms with Crippen LogP contribution in [-0.4, -0.2) is 37.0 Å². The van der Waals surface area contributed by atoms with E-state index in [1.807, 2.05) is 12.1 Å². The quantitative estimate of drug-likeness (QED) is 0.817. The maximum atomic E-state index is 12.2. The number of para-hydroxylation sites is 1. The molecular formula is C15H23N3O. The number of hydrogen-bond donors (Lipinski definition) is 2. The molecule has 0 spiro atoms. The summed E-state index contributed by atoms with van der Waals surface area (Å²) in [4.78, 5) is 14.5. The average Bonchev–Trinajstić information content (AvgIpc) is 2.39. The smallest absolute Gasteiger partial charge is 0.253 e. The third-order valence-electron chi connectivity index (χ3n) is 3.92. The molecule has 1 aliphatic carbocycles. The predicted molar refractivity (Wildman–Crippen MR) is 78.1 cm³/mol. The van der Waals surface area contributed by atoms with E-state index >= 15 is 0 Å². The number of hydrogen-bond acceptors (Lipinski definition) is 3. The highest BCUT2D eigenvalue weighted by atomic mass is 16.1. The molecule has 4 nitrogen and oxygen atoms in total. The molecule has 1 aliphatic rings. The van der Waals surface area contributed by atoms with Crippen LogP contribution in [0.4, 0.5) is 5.69 Å². The van der Waals surface area contributed by atoms with Crippen molar-refractivity contribution in [3.05, 3.63) is 29.8 Å². The van der Waals surface area contributed by atoms with Gasteiger partial charge in [0.25, 0.3) is 5.91 Å². The topological polar surface area (TPSA) is 58.4 Å². The van der Waals surface area contributed by atoms with Gasteiger partial charge in [-0.3, -0.25) is 4.79 Å². The van der Waals surface area contributed by atoms with Gasteiger partial charge in [-0.25, -0.2) is 0 Å². The molecule has 2 rings (SSSR count). The highest BCUT2D eigenvalue weighted by Crippen LogP contribution is 2.22. The Kier molecular flexibility index (Phi) is 4.43. The molecule has 0 heterocycles. The molecular weight excluding hydrogens is 238 g/mol. The highest BCUT2D eigenvalue weighted by Gasteiger charge is 2.25. The number of nitrogens with one attached hydrogen (secondary N) is 1. The number of anilines is 1. The van der Waals surface area contributed by atoms with Crippen LogP contribution >= 0.6 is 0 Å². The number of carbonyl (C=O) groups is 1. The summed E-state index contributed by atoms with van der Waals surface area (Å²) >= 11 is 0. The van der Waals surface area contributed by atoms with E-state index in [4.69, 9.17) is 5.73 Å². The third-order valence-corrected chi connectivity index (χ3v) is 3.92. The molecule has 0 saturated heterocycles. The summed E-state index contributed by atoms with van der Waals surface area (Å²) in [6, 6.07) is 8.04. The van der Waals surface area contributed by atoms with Crippen molar-refractivity contribution >= 4 is 11.6 Å². The average molecular weight is 261 g/mol. The first-order chi connectivity index (χ1) is 9.08. The van der Waals surface area contributed by atoms with Crippen molar-refractivity contribution in [3.63, 3.8) is 0 Å². The van der Waals surface area contributed by atoms with Gasteiger partial charge < -0.3 is 16.0 Å². The van der Waals surface area contributed by atoms with Crippen molar-refractivity contribution in [2.75, 3.05) is 19.8 Å². The van der Waals surface area contributed by atoms with Crippen molar-refractivity contribution in [2.45, 2.75) is 37.8 Å². The molecule has 0 aliphatic heterocycles. The normalized spacial score (nSPS) is 23.3. The zero-order chi connectivity index (χ0) is 13.8. The van der Waals surface area contributed by atoms with Gasteiger partial charge in [-0.2, -0.15) is 0 Å². The van der Waals surface area contributed by atoms with Crippen LogP contribution < -0.4 is 11.1 Å². The van der Waals surface area contributed by atoms with E-state index < -0.39 is 0 Å². The van der Waals surface area contributed by atoms with Gasteiger partial charge in [0.2, 0.25) is 0 Å². The summed E-state index contributed by atoms with van der Waals surface area (Å²) < 4.78 is 0. The first-order valence-electron chi connectivity index (χ1n) is 6.89. The van der Waals surface area contributed by atoms with E-state index in [1.165, 1.54) is 6.42 Å². The number of carbonyl (C=O) groups excluding carboxylic acids is 1. The van der Waals surface area contributed by atoms with Crippen molar-refractivity contribution in [1.29, 1.82) is 0 Å². The van der Waals surface area contributed by atoms with E-state index in [0.717, 1.165) is 19.3 Å². The fourth-order valence-electron chi connectivity index (χ4n) is 2.73. The minimum absolute atomic E-state index is 0.0532. The van der Waals surface area contributed by atoms with Gasteiger partial charge in [0.1, 0.15) is 0 Å². The molecule has 0 aromatic heterocycles. The molecule has 3 N–H and O–H groups in total. The molecule has 104 valence electrons. The minimum Gasteiger partial charge on any atom is -0.398 e. The van der Waals surface area contributed by atoms with E-state index in [-0.39, 0.29) is 11.9 Å². The number of nitrogens with zero attached hydrogens (tertiary/aromatic N) is 1. The molecule has 0 bridgehead atoms. The zero-order valence-corrected chi connectivity index (χ0v) is 11.7. The van der Waals surface area contributed by atoms with Crippen LogP contribution in [0.25, 0.3) is 0 Å². The Morgan fingerprint density at radius 1 is 1.32 bits per heavy atom. The standard InChI is InChI=1S/C15H23N3O/c1-18(2)12-7-5-6-11(10-12)17-15(19)13-8-3-4-9-14(13)16/h3-4,8-9,11-12H,5-7,10,16H2,1-2H3,(H,17,19). The predicted octanol–water partition coefficient (Wildman–Crippen LogP) is 1.87. The fraction of sp³-hybridized carbons (Fsp3) is 0.533.